The molecular formula is C15H20ClNO3. The van der Waals surface area contributed by atoms with E-state index in [0.717, 1.165) is 36.8 Å². The van der Waals surface area contributed by atoms with Gasteiger partial charge < -0.3 is 15.6 Å². The molecule has 1 aliphatic rings. The monoisotopic (exact) mass is 297 g/mol. The Bertz CT molecular complexity index is 516. The van der Waals surface area contributed by atoms with Crippen LogP contribution in [0.25, 0.3) is 0 Å². The van der Waals surface area contributed by atoms with Crippen LogP contribution in [0.3, 0.4) is 0 Å². The molecule has 1 aromatic rings. The number of aryl methyl sites for hydroxylation is 1. The fourth-order valence-electron chi connectivity index (χ4n) is 2.95. The van der Waals surface area contributed by atoms with Crippen molar-refractivity contribution in [3.8, 4) is 5.75 Å². The zero-order chi connectivity index (χ0) is 14.7. The number of carboxylic acids is 1. The SMILES string of the molecule is COc1c(Cl)cc2c(c1C(N)CC(=O)O)CCCCC2. The van der Waals surface area contributed by atoms with Crippen LogP contribution < -0.4 is 10.5 Å². The molecule has 4 nitrogen and oxygen atoms in total. The van der Waals surface area contributed by atoms with Crippen LogP contribution in [-0.4, -0.2) is 18.2 Å². The van der Waals surface area contributed by atoms with Gasteiger partial charge in [-0.15, -0.1) is 0 Å². The number of hydrogen-bond donors (Lipinski definition) is 2. The van der Waals surface area contributed by atoms with Gasteiger partial charge in [-0.05, 0) is 42.9 Å². The fourth-order valence-corrected chi connectivity index (χ4v) is 3.26. The Morgan fingerprint density at radius 1 is 1.45 bits per heavy atom. The minimum Gasteiger partial charge on any atom is -0.495 e. The van der Waals surface area contributed by atoms with Gasteiger partial charge in [0, 0.05) is 11.6 Å². The van der Waals surface area contributed by atoms with E-state index in [0.29, 0.717) is 10.8 Å². The van der Waals surface area contributed by atoms with E-state index in [1.165, 1.54) is 12.0 Å². The van der Waals surface area contributed by atoms with Crippen LogP contribution in [0.2, 0.25) is 5.02 Å². The minimum atomic E-state index is -0.915. The van der Waals surface area contributed by atoms with E-state index in [4.69, 9.17) is 27.2 Å². The second-order valence-corrected chi connectivity index (χ2v) is 5.62. The third-order valence-corrected chi connectivity index (χ3v) is 4.10. The summed E-state index contributed by atoms with van der Waals surface area (Å²) in [5.74, 6) is -0.386. The van der Waals surface area contributed by atoms with Crippen LogP contribution in [0, 0.1) is 0 Å². The van der Waals surface area contributed by atoms with Gasteiger partial charge in [-0.1, -0.05) is 18.0 Å². The lowest BCUT2D eigenvalue weighted by Crippen LogP contribution is -2.19. The minimum absolute atomic E-state index is 0.122. The van der Waals surface area contributed by atoms with Crippen LogP contribution in [-0.2, 0) is 17.6 Å². The molecule has 0 aliphatic heterocycles. The van der Waals surface area contributed by atoms with Crippen molar-refractivity contribution in [3.05, 3.63) is 27.8 Å². The second kappa shape index (κ2) is 6.46. The van der Waals surface area contributed by atoms with Gasteiger partial charge in [0.1, 0.15) is 5.75 Å². The molecule has 0 radical (unpaired) electrons. The molecule has 5 heteroatoms. The van der Waals surface area contributed by atoms with Gasteiger partial charge in [0.25, 0.3) is 0 Å². The van der Waals surface area contributed by atoms with Gasteiger partial charge in [-0.25, -0.2) is 0 Å². The Morgan fingerprint density at radius 2 is 2.15 bits per heavy atom. The Hall–Kier alpha value is -1.26. The molecule has 20 heavy (non-hydrogen) atoms. The van der Waals surface area contributed by atoms with Gasteiger partial charge in [0.2, 0.25) is 0 Å². The van der Waals surface area contributed by atoms with Gasteiger partial charge in [0.15, 0.2) is 0 Å². The van der Waals surface area contributed by atoms with Crippen molar-refractivity contribution in [2.75, 3.05) is 7.11 Å². The molecule has 0 fully saturated rings. The third kappa shape index (κ3) is 3.07. The molecule has 0 bridgehead atoms. The summed E-state index contributed by atoms with van der Waals surface area (Å²) in [6.07, 6.45) is 5.14. The summed E-state index contributed by atoms with van der Waals surface area (Å²) in [5, 5.41) is 9.50. The Kier molecular flexibility index (Phi) is 4.89. The lowest BCUT2D eigenvalue weighted by molar-refractivity contribution is -0.137. The molecule has 1 aliphatic carbocycles. The van der Waals surface area contributed by atoms with Crippen LogP contribution >= 0.6 is 11.6 Å². The highest BCUT2D eigenvalue weighted by Crippen LogP contribution is 2.40. The summed E-state index contributed by atoms with van der Waals surface area (Å²) in [4.78, 5) is 10.9. The van der Waals surface area contributed by atoms with E-state index in [-0.39, 0.29) is 6.42 Å². The van der Waals surface area contributed by atoms with Gasteiger partial charge in [-0.3, -0.25) is 4.79 Å². The molecule has 1 atom stereocenters. The number of hydrogen-bond acceptors (Lipinski definition) is 3. The van der Waals surface area contributed by atoms with Crippen LogP contribution in [0.15, 0.2) is 6.07 Å². The highest BCUT2D eigenvalue weighted by atomic mass is 35.5. The van der Waals surface area contributed by atoms with Gasteiger partial charge in [-0.2, -0.15) is 0 Å². The maximum Gasteiger partial charge on any atom is 0.305 e. The number of carbonyl (C=O) groups is 1. The lowest BCUT2D eigenvalue weighted by Gasteiger charge is -2.22. The van der Waals surface area contributed by atoms with Crippen molar-refractivity contribution in [3.63, 3.8) is 0 Å². The summed E-state index contributed by atoms with van der Waals surface area (Å²) in [6.45, 7) is 0. The average molecular weight is 298 g/mol. The van der Waals surface area contributed by atoms with E-state index in [1.807, 2.05) is 6.07 Å². The first kappa shape index (κ1) is 15.1. The molecule has 0 aromatic heterocycles. The lowest BCUT2D eigenvalue weighted by atomic mass is 9.90. The highest BCUT2D eigenvalue weighted by Gasteiger charge is 2.24. The first-order chi connectivity index (χ1) is 9.54. The number of nitrogens with two attached hydrogens (primary N) is 1. The largest absolute Gasteiger partial charge is 0.495 e. The molecule has 2 rings (SSSR count). The smallest absolute Gasteiger partial charge is 0.305 e. The molecule has 0 saturated carbocycles. The quantitative estimate of drug-likeness (QED) is 0.838. The van der Waals surface area contributed by atoms with Gasteiger partial charge >= 0.3 is 5.97 Å². The number of aliphatic carboxylic acids is 1. The molecule has 0 amide bonds. The van der Waals surface area contributed by atoms with Crippen LogP contribution in [0.5, 0.6) is 5.75 Å². The first-order valence-corrected chi connectivity index (χ1v) is 7.28. The number of rotatable bonds is 4. The number of carboxylic acid groups (broad SMARTS) is 1. The number of fused-ring (bicyclic) bond motifs is 1. The van der Waals surface area contributed by atoms with Crippen molar-refractivity contribution in [1.82, 2.24) is 0 Å². The molecular weight excluding hydrogens is 278 g/mol. The molecule has 0 saturated heterocycles. The maximum absolute atomic E-state index is 10.9. The predicted octanol–water partition coefficient (Wildman–Crippen LogP) is 3.09. The van der Waals surface area contributed by atoms with Gasteiger partial charge in [0.05, 0.1) is 18.6 Å². The van der Waals surface area contributed by atoms with Crippen molar-refractivity contribution in [2.24, 2.45) is 5.73 Å². The van der Waals surface area contributed by atoms with Crippen molar-refractivity contribution in [1.29, 1.82) is 0 Å². The summed E-state index contributed by atoms with van der Waals surface area (Å²) in [5.41, 5.74) is 9.19. The average Bonchev–Trinajstić information content (AvgIpc) is 2.61. The zero-order valence-electron chi connectivity index (χ0n) is 11.6. The Labute approximate surface area is 123 Å². The number of ether oxygens (including phenoxy) is 1. The first-order valence-electron chi connectivity index (χ1n) is 6.90. The maximum atomic E-state index is 10.9. The van der Waals surface area contributed by atoms with E-state index in [1.54, 1.807) is 7.11 Å². The second-order valence-electron chi connectivity index (χ2n) is 5.21. The van der Waals surface area contributed by atoms with Crippen LogP contribution in [0.1, 0.15) is 48.4 Å². The fraction of sp³-hybridized carbons (Fsp3) is 0.533. The molecule has 0 heterocycles. The van der Waals surface area contributed by atoms with Crippen LogP contribution in [0.4, 0.5) is 0 Å². The third-order valence-electron chi connectivity index (χ3n) is 3.82. The normalized spacial score (nSPS) is 16.1. The van der Waals surface area contributed by atoms with Crippen molar-refractivity contribution in [2.45, 2.75) is 44.6 Å². The molecule has 110 valence electrons. The molecule has 0 spiro atoms. The summed E-state index contributed by atoms with van der Waals surface area (Å²) >= 11 is 6.27. The van der Waals surface area contributed by atoms with Crippen molar-refractivity contribution < 1.29 is 14.6 Å². The molecule has 1 unspecified atom stereocenters. The predicted molar refractivity (Wildman–Crippen MR) is 78.4 cm³/mol. The van der Waals surface area contributed by atoms with E-state index >= 15 is 0 Å². The number of halogens is 1. The number of methoxy groups -OCH3 is 1. The summed E-state index contributed by atoms with van der Waals surface area (Å²) in [6, 6.07) is 1.35. The zero-order valence-corrected chi connectivity index (χ0v) is 12.4. The van der Waals surface area contributed by atoms with E-state index in [9.17, 15) is 4.79 Å². The summed E-state index contributed by atoms with van der Waals surface area (Å²) in [7, 11) is 1.54. The van der Waals surface area contributed by atoms with E-state index in [2.05, 4.69) is 0 Å². The topological polar surface area (TPSA) is 72.5 Å². The number of benzene rings is 1. The highest BCUT2D eigenvalue weighted by molar-refractivity contribution is 6.32. The van der Waals surface area contributed by atoms with E-state index < -0.39 is 12.0 Å². The standard InChI is InChI=1S/C15H20ClNO3/c1-20-15-11(16)7-9-5-3-2-4-6-10(9)14(15)12(17)8-13(18)19/h7,12H,2-6,8,17H2,1H3,(H,18,19). The summed E-state index contributed by atoms with van der Waals surface area (Å²) < 4.78 is 5.38. The molecule has 1 aromatic carbocycles. The Morgan fingerprint density at radius 3 is 2.80 bits per heavy atom. The van der Waals surface area contributed by atoms with Crippen molar-refractivity contribution >= 4 is 17.6 Å². The Balaban J connectivity index is 2.55. The molecule has 3 N–H and O–H groups in total.